The van der Waals surface area contributed by atoms with Crippen molar-refractivity contribution in [2.45, 2.75) is 13.0 Å². The third-order valence-corrected chi connectivity index (χ3v) is 3.36. The van der Waals surface area contributed by atoms with Crippen LogP contribution in [-0.4, -0.2) is 29.2 Å². The van der Waals surface area contributed by atoms with E-state index in [4.69, 9.17) is 4.74 Å². The minimum absolute atomic E-state index is 0.176. The van der Waals surface area contributed by atoms with Gasteiger partial charge in [0.2, 0.25) is 0 Å². The van der Waals surface area contributed by atoms with E-state index in [1.807, 2.05) is 12.1 Å². The van der Waals surface area contributed by atoms with Crippen molar-refractivity contribution < 1.29 is 9.53 Å². The maximum absolute atomic E-state index is 11.4. The number of nitrogens with one attached hydrogen (secondary N) is 1. The Bertz CT molecular complexity index is 619. The predicted octanol–water partition coefficient (Wildman–Crippen LogP) is 1.69. The van der Waals surface area contributed by atoms with Gasteiger partial charge in [-0.05, 0) is 12.0 Å². The summed E-state index contributed by atoms with van der Waals surface area (Å²) in [6, 6.07) is 6.21. The smallest absolute Gasteiger partial charge is 0.325 e. The van der Waals surface area contributed by atoms with E-state index in [2.05, 4.69) is 16.4 Å². The summed E-state index contributed by atoms with van der Waals surface area (Å²) < 4.78 is 6.51. The zero-order valence-corrected chi connectivity index (χ0v) is 10.7. The summed E-state index contributed by atoms with van der Waals surface area (Å²) in [5.74, 6) is -0.278. The number of carbonyl (C=O) groups excluding carboxylic acids is 1. The van der Waals surface area contributed by atoms with Gasteiger partial charge in [0, 0.05) is 17.8 Å². The van der Waals surface area contributed by atoms with Crippen molar-refractivity contribution in [1.82, 2.24) is 9.55 Å². The molecule has 0 aliphatic carbocycles. The Morgan fingerprint density at radius 2 is 2.42 bits per heavy atom. The number of ether oxygens (including phenoxy) is 1. The number of hydrogen-bond acceptors (Lipinski definition) is 4. The molecule has 1 aromatic carbocycles. The summed E-state index contributed by atoms with van der Waals surface area (Å²) in [4.78, 5) is 15.5. The summed E-state index contributed by atoms with van der Waals surface area (Å²) in [5, 5.41) is 3.39. The first-order chi connectivity index (χ1) is 9.29. The lowest BCUT2D eigenvalue weighted by atomic mass is 10.1. The molecule has 2 heterocycles. The lowest BCUT2D eigenvalue weighted by molar-refractivity contribution is -0.141. The molecule has 0 saturated heterocycles. The Morgan fingerprint density at radius 3 is 3.26 bits per heavy atom. The third kappa shape index (κ3) is 2.07. The maximum atomic E-state index is 11.4. The number of methoxy groups -OCH3 is 1. The quantitative estimate of drug-likeness (QED) is 0.850. The number of aromatic nitrogens is 2. The van der Waals surface area contributed by atoms with Crippen LogP contribution in [-0.2, 0) is 22.5 Å². The fourth-order valence-electron chi connectivity index (χ4n) is 2.43. The number of hydrogen-bond donors (Lipinski definition) is 1. The highest BCUT2D eigenvalue weighted by atomic mass is 16.5. The third-order valence-electron chi connectivity index (χ3n) is 3.36. The normalized spacial score (nSPS) is 12.9. The van der Waals surface area contributed by atoms with Crippen molar-refractivity contribution in [1.29, 1.82) is 0 Å². The van der Waals surface area contributed by atoms with E-state index in [1.165, 1.54) is 12.7 Å². The Morgan fingerprint density at radius 1 is 1.53 bits per heavy atom. The fraction of sp³-hybridized carbons (Fsp3) is 0.286. The average molecular weight is 257 g/mol. The van der Waals surface area contributed by atoms with Crippen LogP contribution in [0.5, 0.6) is 0 Å². The van der Waals surface area contributed by atoms with E-state index < -0.39 is 0 Å². The Labute approximate surface area is 111 Å². The van der Waals surface area contributed by atoms with Gasteiger partial charge in [0.05, 0.1) is 25.3 Å². The van der Waals surface area contributed by atoms with Crippen molar-refractivity contribution in [2.24, 2.45) is 0 Å². The molecule has 0 radical (unpaired) electrons. The van der Waals surface area contributed by atoms with Gasteiger partial charge in [-0.25, -0.2) is 4.98 Å². The zero-order valence-electron chi connectivity index (χ0n) is 10.7. The average Bonchev–Trinajstić information content (AvgIpc) is 3.06. The van der Waals surface area contributed by atoms with Gasteiger partial charge >= 0.3 is 5.97 Å². The van der Waals surface area contributed by atoms with Crippen LogP contribution in [0.2, 0.25) is 0 Å². The highest BCUT2D eigenvalue weighted by Gasteiger charge is 2.17. The number of para-hydroxylation sites is 1. The molecule has 0 unspecified atom stereocenters. The number of carbonyl (C=O) groups is 1. The van der Waals surface area contributed by atoms with E-state index >= 15 is 0 Å². The number of rotatable bonds is 3. The molecular weight excluding hydrogens is 242 g/mol. The number of anilines is 1. The van der Waals surface area contributed by atoms with Crippen LogP contribution in [0.1, 0.15) is 5.56 Å². The second-order valence-corrected chi connectivity index (χ2v) is 4.50. The van der Waals surface area contributed by atoms with Gasteiger partial charge in [-0.15, -0.1) is 0 Å². The van der Waals surface area contributed by atoms with Crippen LogP contribution in [0.25, 0.3) is 11.3 Å². The Balaban J connectivity index is 2.02. The Kier molecular flexibility index (Phi) is 2.95. The molecule has 5 nitrogen and oxygen atoms in total. The van der Waals surface area contributed by atoms with Crippen LogP contribution in [0.4, 0.5) is 5.69 Å². The first-order valence-electron chi connectivity index (χ1n) is 6.22. The number of nitrogens with zero attached hydrogens (tertiary/aromatic N) is 2. The number of esters is 1. The van der Waals surface area contributed by atoms with Crippen molar-refractivity contribution in [2.75, 3.05) is 19.0 Å². The van der Waals surface area contributed by atoms with Crippen LogP contribution in [0.3, 0.4) is 0 Å². The van der Waals surface area contributed by atoms with Gasteiger partial charge in [-0.3, -0.25) is 4.79 Å². The van der Waals surface area contributed by atoms with E-state index in [-0.39, 0.29) is 12.5 Å². The lowest BCUT2D eigenvalue weighted by Gasteiger charge is -2.11. The number of fused-ring (bicyclic) bond motifs is 1. The molecule has 0 amide bonds. The van der Waals surface area contributed by atoms with Gasteiger partial charge in [0.25, 0.3) is 0 Å². The summed E-state index contributed by atoms with van der Waals surface area (Å²) in [7, 11) is 1.39. The summed E-state index contributed by atoms with van der Waals surface area (Å²) in [5.41, 5.74) is 4.46. The van der Waals surface area contributed by atoms with Crippen molar-refractivity contribution in [3.05, 3.63) is 36.3 Å². The molecule has 0 atom stereocenters. The van der Waals surface area contributed by atoms with Crippen molar-refractivity contribution >= 4 is 11.7 Å². The largest absolute Gasteiger partial charge is 0.468 e. The molecule has 3 rings (SSSR count). The number of benzene rings is 1. The first-order valence-corrected chi connectivity index (χ1v) is 6.22. The van der Waals surface area contributed by atoms with Gasteiger partial charge in [0.1, 0.15) is 6.54 Å². The zero-order chi connectivity index (χ0) is 13.2. The van der Waals surface area contributed by atoms with Crippen LogP contribution < -0.4 is 5.32 Å². The molecule has 2 aromatic rings. The second-order valence-electron chi connectivity index (χ2n) is 4.50. The van der Waals surface area contributed by atoms with E-state index in [0.29, 0.717) is 0 Å². The molecule has 0 fully saturated rings. The van der Waals surface area contributed by atoms with E-state index in [9.17, 15) is 4.79 Å². The summed E-state index contributed by atoms with van der Waals surface area (Å²) in [6.45, 7) is 1.13. The van der Waals surface area contributed by atoms with E-state index in [1.54, 1.807) is 17.1 Å². The monoisotopic (exact) mass is 257 g/mol. The van der Waals surface area contributed by atoms with Crippen LogP contribution in [0.15, 0.2) is 30.7 Å². The summed E-state index contributed by atoms with van der Waals surface area (Å²) >= 11 is 0. The first kappa shape index (κ1) is 11.8. The van der Waals surface area contributed by atoms with Crippen LogP contribution >= 0.6 is 0 Å². The molecule has 98 valence electrons. The highest BCUT2D eigenvalue weighted by Crippen LogP contribution is 2.34. The van der Waals surface area contributed by atoms with Gasteiger partial charge < -0.3 is 14.6 Å². The minimum Gasteiger partial charge on any atom is -0.468 e. The molecule has 1 aromatic heterocycles. The minimum atomic E-state index is -0.278. The molecule has 1 N–H and O–H groups in total. The second kappa shape index (κ2) is 4.76. The van der Waals surface area contributed by atoms with Crippen LogP contribution in [0, 0.1) is 0 Å². The fourth-order valence-corrected chi connectivity index (χ4v) is 2.43. The molecule has 1 aliphatic rings. The molecule has 19 heavy (non-hydrogen) atoms. The molecule has 1 aliphatic heterocycles. The van der Waals surface area contributed by atoms with Crippen molar-refractivity contribution in [3.8, 4) is 11.3 Å². The molecule has 0 spiro atoms. The number of imidazole rings is 1. The van der Waals surface area contributed by atoms with Gasteiger partial charge in [-0.1, -0.05) is 18.2 Å². The maximum Gasteiger partial charge on any atom is 0.325 e. The molecule has 0 saturated carbocycles. The van der Waals surface area contributed by atoms with E-state index in [0.717, 1.165) is 29.9 Å². The highest BCUT2D eigenvalue weighted by molar-refractivity contribution is 5.80. The standard InChI is InChI=1S/C14H15N3O2/c1-19-13(18)8-17-9-15-7-12(17)11-4-2-3-10-5-6-16-14(10)11/h2-4,7,9,16H,5-6,8H2,1H3. The summed E-state index contributed by atoms with van der Waals surface area (Å²) in [6.07, 6.45) is 4.47. The topological polar surface area (TPSA) is 56.2 Å². The van der Waals surface area contributed by atoms with Gasteiger partial charge in [-0.2, -0.15) is 0 Å². The molecular formula is C14H15N3O2. The SMILES string of the molecule is COC(=O)Cn1cncc1-c1cccc2c1NCC2. The van der Waals surface area contributed by atoms with Gasteiger partial charge in [0.15, 0.2) is 0 Å². The lowest BCUT2D eigenvalue weighted by Crippen LogP contribution is -2.11. The predicted molar refractivity (Wildman–Crippen MR) is 71.9 cm³/mol. The van der Waals surface area contributed by atoms with Crippen molar-refractivity contribution in [3.63, 3.8) is 0 Å². The Hall–Kier alpha value is -2.30. The molecule has 0 bridgehead atoms. The molecule has 5 heteroatoms.